The van der Waals surface area contributed by atoms with Crippen LogP contribution in [0.4, 0.5) is 13.2 Å². The molecule has 3 nitrogen and oxygen atoms in total. The van der Waals surface area contributed by atoms with Gasteiger partial charge >= 0.3 is 6.18 Å². The Bertz CT molecular complexity index is 930. The molecule has 0 bridgehead atoms. The Kier molecular flexibility index (Phi) is 4.51. The first-order chi connectivity index (χ1) is 11.8. The molecule has 2 aromatic carbocycles. The maximum Gasteiger partial charge on any atom is 0.435 e. The molecule has 1 aromatic heterocycles. The standard InChI is InChI=1S/C18H15F3N2OS/c1-12-4-3-5-14(10-12)23-16(11-17(22-23)18(19,20)21)13-6-8-15(9-7-13)25(2)24/h3-11H,1-2H3. The molecule has 1 atom stereocenters. The van der Waals surface area contributed by atoms with Gasteiger partial charge in [0.15, 0.2) is 5.69 Å². The van der Waals surface area contributed by atoms with Gasteiger partial charge in [-0.1, -0.05) is 24.3 Å². The van der Waals surface area contributed by atoms with Crippen molar-refractivity contribution in [1.82, 2.24) is 9.78 Å². The molecule has 0 fully saturated rings. The molecule has 3 aromatic rings. The van der Waals surface area contributed by atoms with Gasteiger partial charge in [-0.2, -0.15) is 18.3 Å². The van der Waals surface area contributed by atoms with Crippen LogP contribution in [0.2, 0.25) is 0 Å². The van der Waals surface area contributed by atoms with Crippen molar-refractivity contribution in [3.05, 3.63) is 65.9 Å². The molecule has 0 N–H and O–H groups in total. The fraction of sp³-hybridized carbons (Fsp3) is 0.167. The number of alkyl halides is 3. The number of benzene rings is 2. The summed E-state index contributed by atoms with van der Waals surface area (Å²) in [6.07, 6.45) is -2.98. The number of halogens is 3. The molecular formula is C18H15F3N2OS. The SMILES string of the molecule is Cc1cccc(-n2nc(C(F)(F)F)cc2-c2ccc(S(C)=O)cc2)c1. The third-order valence-electron chi connectivity index (χ3n) is 3.73. The average Bonchev–Trinajstić information content (AvgIpc) is 3.00. The Labute approximate surface area is 145 Å². The van der Waals surface area contributed by atoms with E-state index in [1.807, 2.05) is 13.0 Å². The zero-order valence-electron chi connectivity index (χ0n) is 13.5. The summed E-state index contributed by atoms with van der Waals surface area (Å²) in [4.78, 5) is 0.612. The van der Waals surface area contributed by atoms with Gasteiger partial charge in [0.05, 0.1) is 11.4 Å². The van der Waals surface area contributed by atoms with Gasteiger partial charge in [0.2, 0.25) is 0 Å². The summed E-state index contributed by atoms with van der Waals surface area (Å²) in [5, 5.41) is 3.76. The largest absolute Gasteiger partial charge is 0.435 e. The van der Waals surface area contributed by atoms with E-state index in [-0.39, 0.29) is 0 Å². The van der Waals surface area contributed by atoms with Crippen molar-refractivity contribution in [3.8, 4) is 16.9 Å². The molecule has 0 saturated carbocycles. The van der Waals surface area contributed by atoms with Crippen molar-refractivity contribution < 1.29 is 17.4 Å². The molecular weight excluding hydrogens is 349 g/mol. The maximum absolute atomic E-state index is 13.1. The van der Waals surface area contributed by atoms with Crippen molar-refractivity contribution in [3.63, 3.8) is 0 Å². The number of rotatable bonds is 3. The topological polar surface area (TPSA) is 34.9 Å². The van der Waals surface area contributed by atoms with E-state index in [2.05, 4.69) is 5.10 Å². The van der Waals surface area contributed by atoms with Crippen LogP contribution in [-0.4, -0.2) is 20.2 Å². The smallest absolute Gasteiger partial charge is 0.255 e. The van der Waals surface area contributed by atoms with Crippen molar-refractivity contribution in [1.29, 1.82) is 0 Å². The number of hydrogen-bond donors (Lipinski definition) is 0. The Balaban J connectivity index is 2.17. The highest BCUT2D eigenvalue weighted by Crippen LogP contribution is 2.33. The minimum absolute atomic E-state index is 0.325. The number of aromatic nitrogens is 2. The molecule has 1 unspecified atom stereocenters. The zero-order valence-corrected chi connectivity index (χ0v) is 14.4. The third-order valence-corrected chi connectivity index (χ3v) is 4.66. The molecule has 0 saturated heterocycles. The Morgan fingerprint density at radius 1 is 1.04 bits per heavy atom. The van der Waals surface area contributed by atoms with E-state index in [4.69, 9.17) is 0 Å². The minimum Gasteiger partial charge on any atom is -0.255 e. The van der Waals surface area contributed by atoms with Crippen LogP contribution >= 0.6 is 0 Å². The minimum atomic E-state index is -4.53. The van der Waals surface area contributed by atoms with Gasteiger partial charge in [0.1, 0.15) is 0 Å². The Morgan fingerprint density at radius 2 is 1.72 bits per heavy atom. The van der Waals surface area contributed by atoms with Gasteiger partial charge in [0.25, 0.3) is 0 Å². The first kappa shape index (κ1) is 17.4. The predicted octanol–water partition coefficient (Wildman–Crippen LogP) is 4.60. The lowest BCUT2D eigenvalue weighted by Gasteiger charge is -2.09. The van der Waals surface area contributed by atoms with Gasteiger partial charge in [0, 0.05) is 27.5 Å². The van der Waals surface area contributed by atoms with E-state index < -0.39 is 22.7 Å². The second-order valence-electron chi connectivity index (χ2n) is 5.64. The molecule has 0 spiro atoms. The van der Waals surface area contributed by atoms with Crippen LogP contribution in [0.25, 0.3) is 16.9 Å². The molecule has 130 valence electrons. The zero-order chi connectivity index (χ0) is 18.2. The number of hydrogen-bond acceptors (Lipinski definition) is 2. The van der Waals surface area contributed by atoms with Crippen molar-refractivity contribution in [2.24, 2.45) is 0 Å². The molecule has 0 amide bonds. The molecule has 0 aliphatic heterocycles. The summed E-state index contributed by atoms with van der Waals surface area (Å²) in [6.45, 7) is 1.86. The molecule has 7 heteroatoms. The van der Waals surface area contributed by atoms with Gasteiger partial charge < -0.3 is 0 Å². The summed E-state index contributed by atoms with van der Waals surface area (Å²) in [7, 11) is -1.15. The summed E-state index contributed by atoms with van der Waals surface area (Å²) < 4.78 is 52.2. The first-order valence-corrected chi connectivity index (χ1v) is 8.99. The van der Waals surface area contributed by atoms with Crippen LogP contribution in [0.1, 0.15) is 11.3 Å². The second-order valence-corrected chi connectivity index (χ2v) is 7.02. The van der Waals surface area contributed by atoms with Crippen molar-refractivity contribution in [2.75, 3.05) is 6.26 Å². The van der Waals surface area contributed by atoms with E-state index in [0.717, 1.165) is 11.6 Å². The maximum atomic E-state index is 13.1. The number of aryl methyl sites for hydroxylation is 1. The lowest BCUT2D eigenvalue weighted by atomic mass is 10.1. The molecule has 0 radical (unpaired) electrons. The lowest BCUT2D eigenvalue weighted by Crippen LogP contribution is -2.07. The van der Waals surface area contributed by atoms with E-state index in [1.165, 1.54) is 4.68 Å². The van der Waals surface area contributed by atoms with E-state index in [0.29, 0.717) is 21.8 Å². The van der Waals surface area contributed by atoms with Gasteiger partial charge in [-0.25, -0.2) is 4.68 Å². The molecule has 1 heterocycles. The summed E-state index contributed by atoms with van der Waals surface area (Å²) in [6, 6.07) is 14.7. The van der Waals surface area contributed by atoms with Crippen molar-refractivity contribution in [2.45, 2.75) is 18.0 Å². The first-order valence-electron chi connectivity index (χ1n) is 7.44. The fourth-order valence-corrected chi connectivity index (χ4v) is 3.02. The summed E-state index contributed by atoms with van der Waals surface area (Å²) in [5.41, 5.74) is 1.41. The van der Waals surface area contributed by atoms with E-state index in [1.54, 1.807) is 48.7 Å². The quantitative estimate of drug-likeness (QED) is 0.681. The highest BCUT2D eigenvalue weighted by atomic mass is 32.2. The normalized spacial score (nSPS) is 13.0. The average molecular weight is 364 g/mol. The van der Waals surface area contributed by atoms with Crippen LogP contribution in [0.3, 0.4) is 0 Å². The monoisotopic (exact) mass is 364 g/mol. The third kappa shape index (κ3) is 3.66. The summed E-state index contributed by atoms with van der Waals surface area (Å²) in [5.74, 6) is 0. The molecule has 3 rings (SSSR count). The van der Waals surface area contributed by atoms with Crippen LogP contribution in [0.15, 0.2) is 59.5 Å². The van der Waals surface area contributed by atoms with E-state index >= 15 is 0 Å². The van der Waals surface area contributed by atoms with Crippen molar-refractivity contribution >= 4 is 10.8 Å². The van der Waals surface area contributed by atoms with Gasteiger partial charge in [-0.05, 0) is 42.8 Å². The number of nitrogens with zero attached hydrogens (tertiary/aromatic N) is 2. The van der Waals surface area contributed by atoms with Crippen LogP contribution in [-0.2, 0) is 17.0 Å². The van der Waals surface area contributed by atoms with Gasteiger partial charge in [-0.15, -0.1) is 0 Å². The second kappa shape index (κ2) is 6.48. The highest BCUT2D eigenvalue weighted by Gasteiger charge is 2.35. The van der Waals surface area contributed by atoms with E-state index in [9.17, 15) is 17.4 Å². The van der Waals surface area contributed by atoms with Crippen LogP contribution in [0, 0.1) is 6.92 Å². The van der Waals surface area contributed by atoms with Crippen LogP contribution in [0.5, 0.6) is 0 Å². The Morgan fingerprint density at radius 3 is 2.28 bits per heavy atom. The molecule has 0 aliphatic rings. The van der Waals surface area contributed by atoms with Gasteiger partial charge in [-0.3, -0.25) is 4.21 Å². The fourth-order valence-electron chi connectivity index (χ4n) is 2.50. The summed E-state index contributed by atoms with van der Waals surface area (Å²) >= 11 is 0. The lowest BCUT2D eigenvalue weighted by molar-refractivity contribution is -0.141. The molecule has 0 aliphatic carbocycles. The predicted molar refractivity (Wildman–Crippen MR) is 91.1 cm³/mol. The highest BCUT2D eigenvalue weighted by molar-refractivity contribution is 7.84. The molecule has 25 heavy (non-hydrogen) atoms. The van der Waals surface area contributed by atoms with Crippen LogP contribution < -0.4 is 0 Å². The Hall–Kier alpha value is -2.41.